The van der Waals surface area contributed by atoms with Crippen molar-refractivity contribution in [1.29, 1.82) is 0 Å². The zero-order valence-electron chi connectivity index (χ0n) is 12.9. The van der Waals surface area contributed by atoms with Gasteiger partial charge < -0.3 is 15.0 Å². The lowest BCUT2D eigenvalue weighted by Crippen LogP contribution is -2.43. The summed E-state index contributed by atoms with van der Waals surface area (Å²) in [4.78, 5) is 13.7. The molecule has 1 aliphatic rings. The van der Waals surface area contributed by atoms with E-state index >= 15 is 0 Å². The highest BCUT2D eigenvalue weighted by Gasteiger charge is 2.21. The van der Waals surface area contributed by atoms with E-state index in [1.54, 1.807) is 14.0 Å². The van der Waals surface area contributed by atoms with Gasteiger partial charge in [0.25, 0.3) is 0 Å². The molecule has 22 heavy (non-hydrogen) atoms. The molecule has 0 bridgehead atoms. The van der Waals surface area contributed by atoms with Crippen molar-refractivity contribution < 1.29 is 18.3 Å². The van der Waals surface area contributed by atoms with Crippen LogP contribution in [0.2, 0.25) is 0 Å². The van der Waals surface area contributed by atoms with Crippen molar-refractivity contribution in [2.75, 3.05) is 20.2 Å². The van der Waals surface area contributed by atoms with Gasteiger partial charge in [0, 0.05) is 31.8 Å². The molecule has 0 spiro atoms. The van der Waals surface area contributed by atoms with Crippen molar-refractivity contribution >= 4 is 6.03 Å². The van der Waals surface area contributed by atoms with Gasteiger partial charge >= 0.3 is 6.03 Å². The Morgan fingerprint density at radius 2 is 2.23 bits per heavy atom. The molecule has 2 unspecified atom stereocenters. The minimum atomic E-state index is -0.661. The summed E-state index contributed by atoms with van der Waals surface area (Å²) in [6.45, 7) is 2.90. The Hall–Kier alpha value is -1.69. The summed E-state index contributed by atoms with van der Waals surface area (Å²) < 4.78 is 32.2. The van der Waals surface area contributed by atoms with Crippen LogP contribution in [0.5, 0.6) is 0 Å². The average Bonchev–Trinajstić information content (AvgIpc) is 2.47. The standard InChI is InChI=1S/C16H22F2N2O2/c1-11(14-7-6-12(17)9-15(14)18)19-16(21)20(2)10-13-5-3-4-8-22-13/h6-7,9,11,13H,3-5,8,10H2,1-2H3,(H,19,21). The van der Waals surface area contributed by atoms with E-state index in [2.05, 4.69) is 5.32 Å². The molecule has 0 aromatic heterocycles. The summed E-state index contributed by atoms with van der Waals surface area (Å²) >= 11 is 0. The third kappa shape index (κ3) is 4.40. The summed E-state index contributed by atoms with van der Waals surface area (Å²) in [5, 5.41) is 2.71. The molecule has 2 amide bonds. The molecule has 1 aliphatic heterocycles. The first-order chi connectivity index (χ1) is 10.5. The highest BCUT2D eigenvalue weighted by atomic mass is 19.1. The van der Waals surface area contributed by atoms with Crippen LogP contribution in [0.4, 0.5) is 13.6 Å². The zero-order valence-corrected chi connectivity index (χ0v) is 12.9. The van der Waals surface area contributed by atoms with E-state index in [9.17, 15) is 13.6 Å². The number of urea groups is 1. The van der Waals surface area contributed by atoms with Crippen LogP contribution in [0, 0.1) is 11.6 Å². The lowest BCUT2D eigenvalue weighted by molar-refractivity contribution is 0.00373. The lowest BCUT2D eigenvalue weighted by Gasteiger charge is -2.28. The predicted molar refractivity (Wildman–Crippen MR) is 79.5 cm³/mol. The molecule has 1 aromatic carbocycles. The molecule has 122 valence electrons. The number of ether oxygens (including phenoxy) is 1. The molecule has 2 atom stereocenters. The van der Waals surface area contributed by atoms with Crippen LogP contribution in [0.25, 0.3) is 0 Å². The number of nitrogens with one attached hydrogen (secondary N) is 1. The molecule has 1 heterocycles. The van der Waals surface area contributed by atoms with Crippen molar-refractivity contribution in [2.45, 2.75) is 38.3 Å². The average molecular weight is 312 g/mol. The van der Waals surface area contributed by atoms with E-state index in [0.717, 1.165) is 31.9 Å². The number of halogens is 2. The minimum Gasteiger partial charge on any atom is -0.376 e. The quantitative estimate of drug-likeness (QED) is 0.927. The molecule has 1 N–H and O–H groups in total. The number of amides is 2. The van der Waals surface area contributed by atoms with Crippen LogP contribution >= 0.6 is 0 Å². The monoisotopic (exact) mass is 312 g/mol. The molecule has 1 fully saturated rings. The van der Waals surface area contributed by atoms with Gasteiger partial charge in [0.05, 0.1) is 12.1 Å². The fraction of sp³-hybridized carbons (Fsp3) is 0.562. The zero-order chi connectivity index (χ0) is 16.1. The number of hydrogen-bond acceptors (Lipinski definition) is 2. The number of hydrogen-bond donors (Lipinski definition) is 1. The number of likely N-dealkylation sites (N-methyl/N-ethyl adjacent to an activating group) is 1. The first-order valence-electron chi connectivity index (χ1n) is 7.55. The number of carbonyl (C=O) groups excluding carboxylic acids is 1. The van der Waals surface area contributed by atoms with Crippen LogP contribution in [0.3, 0.4) is 0 Å². The Morgan fingerprint density at radius 3 is 2.86 bits per heavy atom. The largest absolute Gasteiger partial charge is 0.376 e. The van der Waals surface area contributed by atoms with Gasteiger partial charge in [-0.05, 0) is 32.3 Å². The van der Waals surface area contributed by atoms with Gasteiger partial charge in [0.2, 0.25) is 0 Å². The molecular formula is C16H22F2N2O2. The van der Waals surface area contributed by atoms with Gasteiger partial charge in [-0.2, -0.15) is 0 Å². The van der Waals surface area contributed by atoms with Crippen molar-refractivity contribution in [2.24, 2.45) is 0 Å². The van der Waals surface area contributed by atoms with E-state index < -0.39 is 17.7 Å². The van der Waals surface area contributed by atoms with Gasteiger partial charge in [-0.25, -0.2) is 13.6 Å². The van der Waals surface area contributed by atoms with E-state index in [1.807, 2.05) is 0 Å². The Labute approximate surface area is 129 Å². The van der Waals surface area contributed by atoms with Gasteiger partial charge in [-0.1, -0.05) is 6.07 Å². The van der Waals surface area contributed by atoms with E-state index in [1.165, 1.54) is 17.0 Å². The maximum Gasteiger partial charge on any atom is 0.317 e. The summed E-state index contributed by atoms with van der Waals surface area (Å²) in [5.41, 5.74) is 0.261. The van der Waals surface area contributed by atoms with Crippen molar-refractivity contribution in [3.8, 4) is 0 Å². The van der Waals surface area contributed by atoms with Crippen molar-refractivity contribution in [1.82, 2.24) is 10.2 Å². The fourth-order valence-electron chi connectivity index (χ4n) is 2.57. The molecule has 6 heteroatoms. The second-order valence-electron chi connectivity index (χ2n) is 5.71. The molecule has 0 saturated carbocycles. The summed E-state index contributed by atoms with van der Waals surface area (Å²) in [5.74, 6) is -1.29. The fourth-order valence-corrected chi connectivity index (χ4v) is 2.57. The second kappa shape index (κ2) is 7.54. The van der Waals surface area contributed by atoms with Crippen molar-refractivity contribution in [3.05, 3.63) is 35.4 Å². The summed E-state index contributed by atoms with van der Waals surface area (Å²) in [6, 6.07) is 2.51. The molecule has 2 rings (SSSR count). The van der Waals surface area contributed by atoms with Crippen LogP contribution in [0.1, 0.15) is 37.8 Å². The normalized spacial score (nSPS) is 19.5. The lowest BCUT2D eigenvalue weighted by atomic mass is 10.1. The summed E-state index contributed by atoms with van der Waals surface area (Å²) in [6.07, 6.45) is 3.17. The number of carbonyl (C=O) groups is 1. The van der Waals surface area contributed by atoms with Gasteiger partial charge in [0.1, 0.15) is 11.6 Å². The molecule has 1 saturated heterocycles. The highest BCUT2D eigenvalue weighted by molar-refractivity contribution is 5.74. The number of rotatable bonds is 4. The molecular weight excluding hydrogens is 290 g/mol. The highest BCUT2D eigenvalue weighted by Crippen LogP contribution is 2.18. The van der Waals surface area contributed by atoms with Crippen LogP contribution in [-0.4, -0.2) is 37.2 Å². The van der Waals surface area contributed by atoms with Crippen molar-refractivity contribution in [3.63, 3.8) is 0 Å². The molecule has 1 aromatic rings. The van der Waals surface area contributed by atoms with Gasteiger partial charge in [-0.3, -0.25) is 0 Å². The Bertz CT molecular complexity index is 519. The van der Waals surface area contributed by atoms with Crippen LogP contribution in [0.15, 0.2) is 18.2 Å². The molecule has 4 nitrogen and oxygen atoms in total. The Balaban J connectivity index is 1.89. The van der Waals surface area contributed by atoms with Crippen LogP contribution < -0.4 is 5.32 Å². The van der Waals surface area contributed by atoms with Crippen LogP contribution in [-0.2, 0) is 4.74 Å². The second-order valence-corrected chi connectivity index (χ2v) is 5.71. The van der Waals surface area contributed by atoms with E-state index in [-0.39, 0.29) is 17.7 Å². The Kier molecular flexibility index (Phi) is 5.71. The Morgan fingerprint density at radius 1 is 1.45 bits per heavy atom. The topological polar surface area (TPSA) is 41.6 Å². The van der Waals surface area contributed by atoms with E-state index in [4.69, 9.17) is 4.74 Å². The molecule has 0 aliphatic carbocycles. The number of nitrogens with zero attached hydrogens (tertiary/aromatic N) is 1. The number of benzene rings is 1. The predicted octanol–water partition coefficient (Wildman–Crippen LogP) is 3.24. The van der Waals surface area contributed by atoms with Gasteiger partial charge in [0.15, 0.2) is 0 Å². The minimum absolute atomic E-state index is 0.0577. The molecule has 0 radical (unpaired) electrons. The smallest absolute Gasteiger partial charge is 0.317 e. The van der Waals surface area contributed by atoms with Gasteiger partial charge in [-0.15, -0.1) is 0 Å². The van der Waals surface area contributed by atoms with E-state index in [0.29, 0.717) is 6.54 Å². The third-order valence-electron chi connectivity index (χ3n) is 3.87. The third-order valence-corrected chi connectivity index (χ3v) is 3.87. The maximum absolute atomic E-state index is 13.7. The maximum atomic E-state index is 13.7. The summed E-state index contributed by atoms with van der Waals surface area (Å²) in [7, 11) is 1.68. The SMILES string of the molecule is CC(NC(=O)N(C)CC1CCCCO1)c1ccc(F)cc1F. The first kappa shape index (κ1) is 16.7. The first-order valence-corrected chi connectivity index (χ1v) is 7.55.